The number of amides is 4. The fourth-order valence-corrected chi connectivity index (χ4v) is 5.98. The first-order valence-corrected chi connectivity index (χ1v) is 18.5. The number of hydrogen-bond donors (Lipinski definition) is 4. The van der Waals surface area contributed by atoms with Crippen molar-refractivity contribution < 1.29 is 28.8 Å². The Hall–Kier alpha value is -6.32. The second-order valence-corrected chi connectivity index (χ2v) is 13.8. The molecule has 14 nitrogen and oxygen atoms in total. The molecule has 0 bridgehead atoms. The van der Waals surface area contributed by atoms with E-state index in [0.717, 1.165) is 13.8 Å². The molecule has 0 spiro atoms. The van der Waals surface area contributed by atoms with Crippen LogP contribution in [0.5, 0.6) is 0 Å². The van der Waals surface area contributed by atoms with Crippen molar-refractivity contribution >= 4 is 116 Å². The van der Waals surface area contributed by atoms with Crippen LogP contribution >= 0.6 is 46.4 Å². The first kappa shape index (κ1) is 42.8. The average molecular weight is 861 g/mol. The molecule has 0 fully saturated rings. The van der Waals surface area contributed by atoms with Crippen LogP contribution in [0, 0.1) is 0 Å². The number of azo groups is 2. The molecule has 58 heavy (non-hydrogen) atoms. The number of halogens is 4. The maximum Gasteiger partial charge on any atom is 0.258 e. The standard InChI is InChI=1S/C40H30Cl4N8O6/c1-21(53)34(51-49-25-13-15-30(41)28(17-25)37(55)45-23-9-5-3-6-10-23)39(57)47-27-19-32(43)36(33(44)20-27)48-40(58)35(22(2)54)52-50-26-14-16-31(42)29(18-26)38(56)46-24-11-7-4-8-12-24/h3-20,34-35H,1-2H3,(H,45,55)(H,46,56)(H,47,57)(H,48,58). The van der Waals surface area contributed by atoms with Crippen LogP contribution in [0.2, 0.25) is 20.1 Å². The number of carbonyl (C=O) groups is 6. The predicted molar refractivity (Wildman–Crippen MR) is 223 cm³/mol. The summed E-state index contributed by atoms with van der Waals surface area (Å²) in [7, 11) is 0. The zero-order valence-corrected chi connectivity index (χ0v) is 33.3. The molecular weight excluding hydrogens is 830 g/mol. The molecule has 0 aliphatic rings. The van der Waals surface area contributed by atoms with Crippen LogP contribution in [0.15, 0.2) is 130 Å². The minimum absolute atomic E-state index is 0.0310. The van der Waals surface area contributed by atoms with Crippen molar-refractivity contribution in [1.29, 1.82) is 0 Å². The highest BCUT2D eigenvalue weighted by atomic mass is 35.5. The van der Waals surface area contributed by atoms with E-state index in [-0.39, 0.29) is 54.0 Å². The second-order valence-electron chi connectivity index (χ2n) is 12.2. The van der Waals surface area contributed by atoms with E-state index in [2.05, 4.69) is 41.7 Å². The number of benzene rings is 5. The molecule has 4 N–H and O–H groups in total. The third-order valence-corrected chi connectivity index (χ3v) is 9.11. The number of anilines is 4. The quantitative estimate of drug-likeness (QED) is 0.0632. The highest BCUT2D eigenvalue weighted by molar-refractivity contribution is 6.40. The van der Waals surface area contributed by atoms with Gasteiger partial charge < -0.3 is 21.3 Å². The number of rotatable bonds is 14. The van der Waals surface area contributed by atoms with Crippen molar-refractivity contribution in [3.05, 3.63) is 140 Å². The summed E-state index contributed by atoms with van der Waals surface area (Å²) >= 11 is 25.4. The number of nitrogens with zero attached hydrogens (tertiary/aromatic N) is 4. The van der Waals surface area contributed by atoms with Crippen molar-refractivity contribution in [2.24, 2.45) is 20.5 Å². The van der Waals surface area contributed by atoms with E-state index >= 15 is 0 Å². The zero-order chi connectivity index (χ0) is 41.9. The predicted octanol–water partition coefficient (Wildman–Crippen LogP) is 10.2. The molecule has 0 aromatic heterocycles. The fraction of sp³-hybridized carbons (Fsp3) is 0.100. The molecule has 4 amide bonds. The summed E-state index contributed by atoms with van der Waals surface area (Å²) in [5.74, 6) is -4.19. The van der Waals surface area contributed by atoms with Gasteiger partial charge in [0.2, 0.25) is 12.1 Å². The Labute approximate surface area is 351 Å². The van der Waals surface area contributed by atoms with Crippen LogP contribution in [0.25, 0.3) is 0 Å². The van der Waals surface area contributed by atoms with Crippen molar-refractivity contribution in [3.8, 4) is 0 Å². The Balaban J connectivity index is 1.25. The number of Topliss-reactive ketones (excluding diaryl/α,β-unsaturated/α-hetero) is 2. The zero-order valence-electron chi connectivity index (χ0n) is 30.3. The molecule has 0 saturated carbocycles. The summed E-state index contributed by atoms with van der Waals surface area (Å²) in [5, 5.41) is 26.1. The van der Waals surface area contributed by atoms with Gasteiger partial charge in [0.25, 0.3) is 23.6 Å². The summed E-state index contributed by atoms with van der Waals surface area (Å²) in [5.41, 5.74) is 1.43. The van der Waals surface area contributed by atoms with E-state index in [9.17, 15) is 28.8 Å². The largest absolute Gasteiger partial charge is 0.324 e. The second kappa shape index (κ2) is 19.7. The van der Waals surface area contributed by atoms with Crippen molar-refractivity contribution in [2.75, 3.05) is 21.3 Å². The Morgan fingerprint density at radius 3 is 1.26 bits per heavy atom. The molecule has 2 unspecified atom stereocenters. The number of ketones is 2. The summed E-state index contributed by atoms with van der Waals surface area (Å²) in [6, 6.07) is 25.0. The lowest BCUT2D eigenvalue weighted by molar-refractivity contribution is -0.127. The lowest BCUT2D eigenvalue weighted by Crippen LogP contribution is -2.32. The monoisotopic (exact) mass is 858 g/mol. The molecule has 0 aliphatic heterocycles. The van der Waals surface area contributed by atoms with Gasteiger partial charge in [0, 0.05) is 17.1 Å². The minimum Gasteiger partial charge on any atom is -0.324 e. The Bertz CT molecular complexity index is 2440. The minimum atomic E-state index is -1.65. The van der Waals surface area contributed by atoms with Crippen LogP contribution in [0.4, 0.5) is 34.1 Å². The molecule has 0 radical (unpaired) electrons. The summed E-state index contributed by atoms with van der Waals surface area (Å²) < 4.78 is 0. The van der Waals surface area contributed by atoms with Crippen LogP contribution in [0.3, 0.4) is 0 Å². The normalized spacial score (nSPS) is 12.1. The lowest BCUT2D eigenvalue weighted by atomic mass is 10.1. The SMILES string of the molecule is CC(=O)C(N=Nc1ccc(Cl)c(C(=O)Nc2ccccc2)c1)C(=O)Nc1cc(Cl)c(NC(=O)C(N=Nc2ccc(Cl)c(C(=O)Nc3ccccc3)c2)C(C)=O)c(Cl)c1. The average Bonchev–Trinajstić information content (AvgIpc) is 3.18. The van der Waals surface area contributed by atoms with E-state index in [4.69, 9.17) is 46.4 Å². The van der Waals surface area contributed by atoms with Crippen LogP contribution in [-0.4, -0.2) is 47.3 Å². The molecule has 0 saturated heterocycles. The maximum absolute atomic E-state index is 13.2. The van der Waals surface area contributed by atoms with E-state index in [1.165, 1.54) is 48.5 Å². The van der Waals surface area contributed by atoms with E-state index in [1.54, 1.807) is 60.7 Å². The van der Waals surface area contributed by atoms with Gasteiger partial charge in [-0.15, -0.1) is 0 Å². The fourth-order valence-electron chi connectivity index (χ4n) is 4.99. The summed E-state index contributed by atoms with van der Waals surface area (Å²) in [6.45, 7) is 2.27. The number of nitrogens with one attached hydrogen (secondary N) is 4. The Morgan fingerprint density at radius 2 is 0.862 bits per heavy atom. The lowest BCUT2D eigenvalue weighted by Gasteiger charge is -2.15. The summed E-state index contributed by atoms with van der Waals surface area (Å²) in [4.78, 5) is 77.1. The molecular formula is C40H30Cl4N8O6. The van der Waals surface area contributed by atoms with Crippen LogP contribution in [0.1, 0.15) is 34.6 Å². The number of para-hydroxylation sites is 2. The molecule has 5 rings (SSSR count). The van der Waals surface area contributed by atoms with Crippen molar-refractivity contribution in [1.82, 2.24) is 0 Å². The number of hydrogen-bond acceptors (Lipinski definition) is 10. The molecule has 0 aliphatic carbocycles. The maximum atomic E-state index is 13.2. The Kier molecular flexibility index (Phi) is 14.5. The van der Waals surface area contributed by atoms with Crippen LogP contribution in [-0.2, 0) is 19.2 Å². The van der Waals surface area contributed by atoms with Gasteiger partial charge in [-0.05, 0) is 86.6 Å². The molecule has 2 atom stereocenters. The van der Waals surface area contributed by atoms with E-state index < -0.39 is 47.3 Å². The van der Waals surface area contributed by atoms with Crippen molar-refractivity contribution in [3.63, 3.8) is 0 Å². The molecule has 0 heterocycles. The van der Waals surface area contributed by atoms with Gasteiger partial charge in [0.05, 0.1) is 48.3 Å². The van der Waals surface area contributed by atoms with Gasteiger partial charge in [-0.3, -0.25) is 28.8 Å². The van der Waals surface area contributed by atoms with Gasteiger partial charge >= 0.3 is 0 Å². The van der Waals surface area contributed by atoms with Gasteiger partial charge in [-0.25, -0.2) is 0 Å². The Morgan fingerprint density at radius 1 is 0.466 bits per heavy atom. The highest BCUT2D eigenvalue weighted by Crippen LogP contribution is 2.35. The first-order valence-electron chi connectivity index (χ1n) is 17.0. The van der Waals surface area contributed by atoms with Gasteiger partial charge in [-0.1, -0.05) is 82.8 Å². The molecule has 5 aromatic rings. The number of carbonyl (C=O) groups excluding carboxylic acids is 6. The molecule has 5 aromatic carbocycles. The topological polar surface area (TPSA) is 200 Å². The summed E-state index contributed by atoms with van der Waals surface area (Å²) in [6.07, 6.45) is 0. The van der Waals surface area contributed by atoms with E-state index in [1.807, 2.05) is 0 Å². The first-order chi connectivity index (χ1) is 27.7. The molecule has 294 valence electrons. The smallest absolute Gasteiger partial charge is 0.258 e. The van der Waals surface area contributed by atoms with E-state index in [0.29, 0.717) is 11.4 Å². The third-order valence-electron chi connectivity index (χ3n) is 7.85. The highest BCUT2D eigenvalue weighted by Gasteiger charge is 2.27. The van der Waals surface area contributed by atoms with Crippen molar-refractivity contribution in [2.45, 2.75) is 25.9 Å². The van der Waals surface area contributed by atoms with Gasteiger partial charge in [-0.2, -0.15) is 20.5 Å². The molecule has 18 heteroatoms. The third kappa shape index (κ3) is 11.4. The van der Waals surface area contributed by atoms with Gasteiger partial charge in [0.1, 0.15) is 0 Å². The van der Waals surface area contributed by atoms with Crippen LogP contribution < -0.4 is 21.3 Å². The van der Waals surface area contributed by atoms with Gasteiger partial charge in [0.15, 0.2) is 11.6 Å².